The molecule has 140 valence electrons. The fourth-order valence-corrected chi connectivity index (χ4v) is 2.51. The van der Waals surface area contributed by atoms with Gasteiger partial charge in [0, 0.05) is 18.2 Å². The van der Waals surface area contributed by atoms with E-state index in [2.05, 4.69) is 31.1 Å². The van der Waals surface area contributed by atoms with Gasteiger partial charge in [-0.2, -0.15) is 5.10 Å². The number of fused-ring (bicyclic) bond motifs is 1. The summed E-state index contributed by atoms with van der Waals surface area (Å²) < 4.78 is 0. The third-order valence-corrected chi connectivity index (χ3v) is 4.10. The van der Waals surface area contributed by atoms with Crippen molar-refractivity contribution in [2.75, 3.05) is 10.6 Å². The maximum absolute atomic E-state index is 12.2. The fraction of sp³-hybridized carbons (Fsp3) is 0.263. The first kappa shape index (κ1) is 18.4. The Bertz CT molecular complexity index is 951. The first-order chi connectivity index (χ1) is 12.9. The smallest absolute Gasteiger partial charge is 0.320 e. The molecule has 0 aliphatic carbocycles. The van der Waals surface area contributed by atoms with Crippen molar-refractivity contribution in [1.82, 2.24) is 20.5 Å². The number of nitrogens with one attached hydrogen (secondary N) is 4. The van der Waals surface area contributed by atoms with Gasteiger partial charge in [-0.25, -0.2) is 9.78 Å². The first-order valence-electron chi connectivity index (χ1n) is 8.71. The van der Waals surface area contributed by atoms with E-state index in [0.29, 0.717) is 22.5 Å². The molecule has 0 bridgehead atoms. The van der Waals surface area contributed by atoms with Gasteiger partial charge in [-0.15, -0.1) is 0 Å². The molecule has 0 radical (unpaired) electrons. The molecule has 4 N–H and O–H groups in total. The molecule has 8 heteroatoms. The van der Waals surface area contributed by atoms with Gasteiger partial charge in [0.1, 0.15) is 5.82 Å². The van der Waals surface area contributed by atoms with E-state index < -0.39 is 0 Å². The van der Waals surface area contributed by atoms with Crippen LogP contribution >= 0.6 is 0 Å². The van der Waals surface area contributed by atoms with Crippen LogP contribution in [0.2, 0.25) is 0 Å². The third kappa shape index (κ3) is 4.41. The molecule has 3 rings (SSSR count). The number of nitrogens with zero attached hydrogens (tertiary/aromatic N) is 2. The van der Waals surface area contributed by atoms with Gasteiger partial charge >= 0.3 is 6.03 Å². The summed E-state index contributed by atoms with van der Waals surface area (Å²) in [6, 6.07) is 10.9. The Labute approximate surface area is 156 Å². The second-order valence-corrected chi connectivity index (χ2v) is 6.56. The summed E-state index contributed by atoms with van der Waals surface area (Å²) in [7, 11) is 0. The van der Waals surface area contributed by atoms with E-state index in [1.165, 1.54) is 0 Å². The number of carbonyl (C=O) groups is 2. The molecule has 2 heterocycles. The van der Waals surface area contributed by atoms with Crippen molar-refractivity contribution in [3.8, 4) is 0 Å². The number of hydrogen-bond donors (Lipinski definition) is 4. The summed E-state index contributed by atoms with van der Waals surface area (Å²) in [6.45, 7) is 5.52. The van der Waals surface area contributed by atoms with Gasteiger partial charge in [-0.3, -0.25) is 15.2 Å². The normalized spacial score (nSPS) is 12.0. The Balaban J connectivity index is 1.67. The maximum Gasteiger partial charge on any atom is 0.320 e. The summed E-state index contributed by atoms with van der Waals surface area (Å²) in [5.41, 5.74) is 1.67. The van der Waals surface area contributed by atoms with E-state index in [1.54, 1.807) is 26.1 Å². The Morgan fingerprint density at radius 1 is 1.07 bits per heavy atom. The molecule has 27 heavy (non-hydrogen) atoms. The minimum Gasteiger partial charge on any atom is -0.331 e. The van der Waals surface area contributed by atoms with E-state index in [-0.39, 0.29) is 23.9 Å². The number of carbonyl (C=O) groups excluding carboxylic acids is 2. The van der Waals surface area contributed by atoms with Gasteiger partial charge in [-0.05, 0) is 12.5 Å². The maximum atomic E-state index is 12.2. The summed E-state index contributed by atoms with van der Waals surface area (Å²) in [6.07, 6.45) is 1.56. The molecule has 0 unspecified atom stereocenters. The quantitative estimate of drug-likeness (QED) is 0.554. The van der Waals surface area contributed by atoms with Gasteiger partial charge < -0.3 is 10.6 Å². The predicted octanol–water partition coefficient (Wildman–Crippen LogP) is 3.44. The summed E-state index contributed by atoms with van der Waals surface area (Å²) >= 11 is 0. The first-order valence-corrected chi connectivity index (χ1v) is 8.71. The fourth-order valence-electron chi connectivity index (χ4n) is 2.51. The highest BCUT2D eigenvalue weighted by atomic mass is 16.2. The third-order valence-electron chi connectivity index (χ3n) is 4.10. The van der Waals surface area contributed by atoms with Crippen molar-refractivity contribution in [2.45, 2.75) is 26.8 Å². The number of aromatic amines is 1. The summed E-state index contributed by atoms with van der Waals surface area (Å²) in [5.74, 6) is 0.524. The molecule has 0 fully saturated rings. The molecule has 0 aliphatic heterocycles. The van der Waals surface area contributed by atoms with Gasteiger partial charge in [-0.1, -0.05) is 44.2 Å². The van der Waals surface area contributed by atoms with Crippen molar-refractivity contribution >= 4 is 34.5 Å². The van der Waals surface area contributed by atoms with Crippen LogP contribution in [0.15, 0.2) is 42.6 Å². The summed E-state index contributed by atoms with van der Waals surface area (Å²) in [4.78, 5) is 28.3. The molecular formula is C19H22N6O2. The molecule has 2 aromatic heterocycles. The molecule has 3 amide bonds. The lowest BCUT2D eigenvalue weighted by Crippen LogP contribution is -2.31. The van der Waals surface area contributed by atoms with E-state index in [4.69, 9.17) is 0 Å². The monoisotopic (exact) mass is 366 g/mol. The lowest BCUT2D eigenvalue weighted by molar-refractivity contribution is -0.118. The van der Waals surface area contributed by atoms with Gasteiger partial charge in [0.15, 0.2) is 5.82 Å². The average molecular weight is 366 g/mol. The minimum absolute atomic E-state index is 0.125. The van der Waals surface area contributed by atoms with Crippen LogP contribution in [-0.2, 0) is 4.79 Å². The van der Waals surface area contributed by atoms with Crippen LogP contribution in [0.4, 0.5) is 16.4 Å². The number of urea groups is 1. The number of hydrogen-bond acceptors (Lipinski definition) is 4. The largest absolute Gasteiger partial charge is 0.331 e. The molecule has 1 aromatic carbocycles. The van der Waals surface area contributed by atoms with E-state index in [0.717, 1.165) is 5.56 Å². The SMILES string of the molecule is CC(C)C(=O)Nc1n[nH]c2cc(NC(=O)N[C@H](C)c3ccccc3)ncc12. The molecule has 8 nitrogen and oxygen atoms in total. The number of aromatic nitrogens is 3. The van der Waals surface area contributed by atoms with Crippen LogP contribution in [0.25, 0.3) is 10.9 Å². The zero-order chi connectivity index (χ0) is 19.4. The van der Waals surface area contributed by atoms with Crippen LogP contribution in [-0.4, -0.2) is 27.1 Å². The molecular weight excluding hydrogens is 344 g/mol. The molecule has 0 aliphatic rings. The van der Waals surface area contributed by atoms with Gasteiger partial charge in [0.2, 0.25) is 5.91 Å². The van der Waals surface area contributed by atoms with Crippen molar-refractivity contribution in [3.63, 3.8) is 0 Å². The Kier molecular flexibility index (Phi) is 5.35. The second-order valence-electron chi connectivity index (χ2n) is 6.56. The molecule has 0 saturated heterocycles. The van der Waals surface area contributed by atoms with Crippen molar-refractivity contribution < 1.29 is 9.59 Å². The number of benzene rings is 1. The molecule has 0 saturated carbocycles. The highest BCUT2D eigenvalue weighted by Gasteiger charge is 2.14. The number of amides is 3. The van der Waals surface area contributed by atoms with Crippen molar-refractivity contribution in [2.24, 2.45) is 5.92 Å². The van der Waals surface area contributed by atoms with Crippen molar-refractivity contribution in [3.05, 3.63) is 48.2 Å². The number of H-pyrrole nitrogens is 1. The van der Waals surface area contributed by atoms with Crippen LogP contribution < -0.4 is 16.0 Å². The highest BCUT2D eigenvalue weighted by Crippen LogP contribution is 2.22. The Morgan fingerprint density at radius 3 is 2.52 bits per heavy atom. The zero-order valence-corrected chi connectivity index (χ0v) is 15.4. The van der Waals surface area contributed by atoms with Gasteiger partial charge in [0.25, 0.3) is 0 Å². The predicted molar refractivity (Wildman–Crippen MR) is 104 cm³/mol. The number of anilines is 2. The topological polar surface area (TPSA) is 112 Å². The van der Waals surface area contributed by atoms with E-state index in [1.807, 2.05) is 37.3 Å². The lowest BCUT2D eigenvalue weighted by atomic mass is 10.1. The number of pyridine rings is 1. The van der Waals surface area contributed by atoms with E-state index in [9.17, 15) is 9.59 Å². The Morgan fingerprint density at radius 2 is 1.81 bits per heavy atom. The Hall–Kier alpha value is -3.42. The highest BCUT2D eigenvalue weighted by molar-refractivity contribution is 6.01. The molecule has 1 atom stereocenters. The lowest BCUT2D eigenvalue weighted by Gasteiger charge is -2.14. The zero-order valence-electron chi connectivity index (χ0n) is 15.4. The number of rotatable bonds is 5. The van der Waals surface area contributed by atoms with Crippen LogP contribution in [0.3, 0.4) is 0 Å². The standard InChI is InChI=1S/C19H22N6O2/c1-11(2)18(26)23-17-14-10-20-16(9-15(14)24-25-17)22-19(27)21-12(3)13-7-5-4-6-8-13/h4-12H,1-3H3,(H2,20,21,22,27)(H2,23,24,25,26)/t12-/m1/s1. The van der Waals surface area contributed by atoms with Crippen LogP contribution in [0.1, 0.15) is 32.4 Å². The van der Waals surface area contributed by atoms with Crippen LogP contribution in [0.5, 0.6) is 0 Å². The van der Waals surface area contributed by atoms with Crippen LogP contribution in [0, 0.1) is 5.92 Å². The second kappa shape index (κ2) is 7.86. The average Bonchev–Trinajstić information content (AvgIpc) is 3.04. The molecule has 0 spiro atoms. The molecule has 3 aromatic rings. The minimum atomic E-state index is -0.356. The van der Waals surface area contributed by atoms with Crippen molar-refractivity contribution in [1.29, 1.82) is 0 Å². The van der Waals surface area contributed by atoms with Gasteiger partial charge in [0.05, 0.1) is 16.9 Å². The summed E-state index contributed by atoms with van der Waals surface area (Å²) in [5, 5.41) is 15.9. The van der Waals surface area contributed by atoms with E-state index >= 15 is 0 Å².